The van der Waals surface area contributed by atoms with Crippen LogP contribution < -0.4 is 16.0 Å². The number of carbonyl (C=O) groups is 1. The van der Waals surface area contributed by atoms with Crippen molar-refractivity contribution in [3.05, 3.63) is 85.5 Å². The molecular formula is C22H20ClN3O6. The van der Waals surface area contributed by atoms with Gasteiger partial charge in [-0.05, 0) is 42.0 Å². The molecule has 0 amide bonds. The number of hydrogen-bond donors (Lipinski definition) is 3. The maximum Gasteiger partial charge on any atom is 0.335 e. The summed E-state index contributed by atoms with van der Waals surface area (Å²) >= 11 is 5.89. The van der Waals surface area contributed by atoms with E-state index in [0.29, 0.717) is 16.5 Å². The Morgan fingerprint density at radius 3 is 2.44 bits per heavy atom. The highest BCUT2D eigenvalue weighted by molar-refractivity contribution is 6.30. The Bertz CT molecular complexity index is 1250. The van der Waals surface area contributed by atoms with Gasteiger partial charge in [0.1, 0.15) is 11.3 Å². The number of aliphatic imine (C=N–C) groups is 1. The zero-order valence-electron chi connectivity index (χ0n) is 17.0. The summed E-state index contributed by atoms with van der Waals surface area (Å²) in [5, 5.41) is 20.3. The molecule has 3 N–H and O–H groups in total. The summed E-state index contributed by atoms with van der Waals surface area (Å²) in [6, 6.07) is 13.0. The molecule has 0 aliphatic carbocycles. The van der Waals surface area contributed by atoms with E-state index in [4.69, 9.17) is 16.3 Å². The van der Waals surface area contributed by atoms with Crippen LogP contribution in [0.15, 0.2) is 63.1 Å². The predicted octanol–water partition coefficient (Wildman–Crippen LogP) is 2.57. The number of ether oxygens (including phenoxy) is 1. The average molecular weight is 458 g/mol. The second kappa shape index (κ2) is 9.97. The van der Waals surface area contributed by atoms with E-state index in [2.05, 4.69) is 9.98 Å². The van der Waals surface area contributed by atoms with Gasteiger partial charge in [0.15, 0.2) is 0 Å². The van der Waals surface area contributed by atoms with Crippen molar-refractivity contribution in [1.29, 1.82) is 0 Å². The van der Waals surface area contributed by atoms with Gasteiger partial charge in [0.05, 0.1) is 19.2 Å². The summed E-state index contributed by atoms with van der Waals surface area (Å²) in [5.74, 6) is -1.52. The maximum absolute atomic E-state index is 12.3. The summed E-state index contributed by atoms with van der Waals surface area (Å²) in [4.78, 5) is 42.1. The van der Waals surface area contributed by atoms with Crippen molar-refractivity contribution in [3.8, 4) is 17.3 Å². The number of halogens is 1. The molecule has 32 heavy (non-hydrogen) atoms. The van der Waals surface area contributed by atoms with E-state index in [-0.39, 0.29) is 18.5 Å². The van der Waals surface area contributed by atoms with Crippen molar-refractivity contribution >= 4 is 23.8 Å². The molecule has 10 heteroatoms. The SMILES string of the molecule is COc1ccc(-n2c(O)c(C=NCC(CC(=O)O)c3ccc(Cl)cc3)c(=O)[nH]c2=O)cc1. The number of hydrogen-bond acceptors (Lipinski definition) is 6. The average Bonchev–Trinajstić information content (AvgIpc) is 2.76. The number of aromatic amines is 1. The van der Waals surface area contributed by atoms with Gasteiger partial charge in [-0.3, -0.25) is 19.6 Å². The Morgan fingerprint density at radius 1 is 1.19 bits per heavy atom. The smallest absolute Gasteiger partial charge is 0.335 e. The molecule has 0 spiro atoms. The molecule has 1 atom stereocenters. The number of aromatic nitrogens is 2. The topological polar surface area (TPSA) is 134 Å². The monoisotopic (exact) mass is 457 g/mol. The van der Waals surface area contributed by atoms with E-state index in [0.717, 1.165) is 16.3 Å². The van der Waals surface area contributed by atoms with Crippen LogP contribution in [0.3, 0.4) is 0 Å². The van der Waals surface area contributed by atoms with Crippen LogP contribution in [0, 0.1) is 0 Å². The number of carboxylic acid groups (broad SMARTS) is 1. The number of nitrogens with one attached hydrogen (secondary N) is 1. The molecule has 0 saturated heterocycles. The number of methoxy groups -OCH3 is 1. The molecule has 3 rings (SSSR count). The zero-order chi connectivity index (χ0) is 23.3. The van der Waals surface area contributed by atoms with Crippen molar-refractivity contribution in [3.63, 3.8) is 0 Å². The first-order valence-electron chi connectivity index (χ1n) is 9.50. The molecular weight excluding hydrogens is 438 g/mol. The van der Waals surface area contributed by atoms with Gasteiger partial charge >= 0.3 is 11.7 Å². The van der Waals surface area contributed by atoms with Crippen molar-refractivity contribution in [2.75, 3.05) is 13.7 Å². The van der Waals surface area contributed by atoms with E-state index >= 15 is 0 Å². The van der Waals surface area contributed by atoms with E-state index in [1.165, 1.54) is 7.11 Å². The fourth-order valence-electron chi connectivity index (χ4n) is 3.13. The van der Waals surface area contributed by atoms with Crippen LogP contribution in [0.1, 0.15) is 23.5 Å². The lowest BCUT2D eigenvalue weighted by Gasteiger charge is -2.13. The van der Waals surface area contributed by atoms with Gasteiger partial charge in [-0.25, -0.2) is 9.36 Å². The number of rotatable bonds is 8. The summed E-state index contributed by atoms with van der Waals surface area (Å²) in [6.45, 7) is 0.0362. The molecule has 1 aromatic heterocycles. The molecule has 2 aromatic carbocycles. The van der Waals surface area contributed by atoms with Crippen LogP contribution in [-0.2, 0) is 4.79 Å². The van der Waals surface area contributed by atoms with Crippen LogP contribution >= 0.6 is 11.6 Å². The van der Waals surface area contributed by atoms with Gasteiger partial charge in [-0.1, -0.05) is 23.7 Å². The van der Waals surface area contributed by atoms with E-state index in [1.807, 2.05) is 0 Å². The molecule has 3 aromatic rings. The lowest BCUT2D eigenvalue weighted by Crippen LogP contribution is -2.31. The fourth-order valence-corrected chi connectivity index (χ4v) is 3.26. The van der Waals surface area contributed by atoms with E-state index in [1.54, 1.807) is 48.5 Å². The highest BCUT2D eigenvalue weighted by Crippen LogP contribution is 2.23. The first kappa shape index (κ1) is 22.8. The van der Waals surface area contributed by atoms with Crippen molar-refractivity contribution in [2.24, 2.45) is 4.99 Å². The van der Waals surface area contributed by atoms with Crippen LogP contribution in [0.25, 0.3) is 5.69 Å². The number of benzene rings is 2. The second-order valence-corrected chi connectivity index (χ2v) is 7.31. The molecule has 0 aliphatic rings. The second-order valence-electron chi connectivity index (χ2n) is 6.87. The number of carboxylic acids is 1. The lowest BCUT2D eigenvalue weighted by atomic mass is 9.96. The minimum absolute atomic E-state index is 0.0362. The third kappa shape index (κ3) is 5.25. The number of aromatic hydroxyl groups is 1. The van der Waals surface area contributed by atoms with Gasteiger partial charge in [0.25, 0.3) is 5.56 Å². The predicted molar refractivity (Wildman–Crippen MR) is 120 cm³/mol. The van der Waals surface area contributed by atoms with Crippen LogP contribution in [-0.4, -0.2) is 45.6 Å². The third-order valence-corrected chi connectivity index (χ3v) is 5.01. The van der Waals surface area contributed by atoms with E-state index < -0.39 is 29.0 Å². The standard InChI is InChI=1S/C22H20ClN3O6/c1-32-17-8-6-16(7-9-17)26-21(30)18(20(29)25-22(26)31)12-24-11-14(10-19(27)28)13-2-4-15(23)5-3-13/h2-9,12,14,30H,10-11H2,1H3,(H,27,28)(H,25,29,31). The maximum atomic E-state index is 12.3. The van der Waals surface area contributed by atoms with Crippen molar-refractivity contribution in [2.45, 2.75) is 12.3 Å². The summed E-state index contributed by atoms with van der Waals surface area (Å²) in [6.07, 6.45) is 0.936. The van der Waals surface area contributed by atoms with Crippen molar-refractivity contribution < 1.29 is 19.7 Å². The lowest BCUT2D eigenvalue weighted by molar-refractivity contribution is -0.137. The number of aliphatic carboxylic acids is 1. The Balaban J connectivity index is 1.93. The Morgan fingerprint density at radius 2 is 1.84 bits per heavy atom. The summed E-state index contributed by atoms with van der Waals surface area (Å²) in [5.41, 5.74) is -0.841. The Labute approximate surface area is 187 Å². The van der Waals surface area contributed by atoms with Crippen LogP contribution in [0.2, 0.25) is 5.02 Å². The largest absolute Gasteiger partial charge is 0.497 e. The number of H-pyrrole nitrogens is 1. The van der Waals surface area contributed by atoms with Crippen LogP contribution in [0.4, 0.5) is 0 Å². The van der Waals surface area contributed by atoms with Crippen LogP contribution in [0.5, 0.6) is 11.6 Å². The Hall–Kier alpha value is -3.85. The molecule has 1 unspecified atom stereocenters. The number of nitrogens with zero attached hydrogens (tertiary/aromatic N) is 2. The highest BCUT2D eigenvalue weighted by Gasteiger charge is 2.17. The molecule has 0 aliphatic heterocycles. The molecule has 0 saturated carbocycles. The highest BCUT2D eigenvalue weighted by atomic mass is 35.5. The molecule has 9 nitrogen and oxygen atoms in total. The third-order valence-electron chi connectivity index (χ3n) is 4.76. The first-order valence-corrected chi connectivity index (χ1v) is 9.87. The summed E-state index contributed by atoms with van der Waals surface area (Å²) in [7, 11) is 1.49. The first-order chi connectivity index (χ1) is 15.3. The van der Waals surface area contributed by atoms with Gasteiger partial charge in [0, 0.05) is 23.7 Å². The molecule has 166 valence electrons. The van der Waals surface area contributed by atoms with Gasteiger partial charge < -0.3 is 14.9 Å². The normalized spacial score (nSPS) is 12.1. The minimum Gasteiger partial charge on any atom is -0.497 e. The Kier molecular flexibility index (Phi) is 7.11. The molecule has 0 fully saturated rings. The summed E-state index contributed by atoms with van der Waals surface area (Å²) < 4.78 is 6.00. The zero-order valence-corrected chi connectivity index (χ0v) is 17.7. The molecule has 0 radical (unpaired) electrons. The molecule has 0 bridgehead atoms. The van der Waals surface area contributed by atoms with E-state index in [9.17, 15) is 24.6 Å². The quantitative estimate of drug-likeness (QED) is 0.445. The van der Waals surface area contributed by atoms with Crippen molar-refractivity contribution in [1.82, 2.24) is 9.55 Å². The molecule has 1 heterocycles. The van der Waals surface area contributed by atoms with Gasteiger partial charge in [-0.15, -0.1) is 0 Å². The fraction of sp³-hybridized carbons (Fsp3) is 0.182. The van der Waals surface area contributed by atoms with Gasteiger partial charge in [0.2, 0.25) is 5.88 Å². The van der Waals surface area contributed by atoms with Gasteiger partial charge in [-0.2, -0.15) is 0 Å². The minimum atomic E-state index is -1.01.